The standard InChI is InChI=1S/C23H18NO7/c1-28-17-6-8-18(9-7-17)31-22-14-30-21-12-19(10-11-20(21)23(22)25)29-13-15-2-4-16(5-3-15)24(26)27/h2-12,14,26H,13H2,1H3/q-1. The average Bonchev–Trinajstić information content (AvgIpc) is 2.80. The van der Waals surface area contributed by atoms with Crippen LogP contribution in [-0.4, -0.2) is 12.3 Å². The minimum absolute atomic E-state index is 0.0720. The molecule has 0 saturated carbocycles. The van der Waals surface area contributed by atoms with Gasteiger partial charge >= 0.3 is 0 Å². The van der Waals surface area contributed by atoms with Crippen LogP contribution in [0.2, 0.25) is 0 Å². The van der Waals surface area contributed by atoms with Gasteiger partial charge in [-0.05, 0) is 54.1 Å². The number of fused-ring (bicyclic) bond motifs is 1. The summed E-state index contributed by atoms with van der Waals surface area (Å²) in [5.41, 5.74) is 0.992. The molecular weight excluding hydrogens is 402 g/mol. The summed E-state index contributed by atoms with van der Waals surface area (Å²) >= 11 is 0. The van der Waals surface area contributed by atoms with Crippen molar-refractivity contribution in [2.24, 2.45) is 0 Å². The number of benzene rings is 3. The van der Waals surface area contributed by atoms with Gasteiger partial charge in [0.2, 0.25) is 11.2 Å². The second-order valence-electron chi connectivity index (χ2n) is 6.59. The second kappa shape index (κ2) is 8.78. The quantitative estimate of drug-likeness (QED) is 0.423. The van der Waals surface area contributed by atoms with Crippen LogP contribution >= 0.6 is 0 Å². The van der Waals surface area contributed by atoms with E-state index in [4.69, 9.17) is 23.8 Å². The lowest BCUT2D eigenvalue weighted by molar-refractivity contribution is 0.295. The van der Waals surface area contributed by atoms with Crippen LogP contribution in [0.3, 0.4) is 0 Å². The van der Waals surface area contributed by atoms with Crippen molar-refractivity contribution in [3.63, 3.8) is 0 Å². The number of methoxy groups -OCH3 is 1. The average molecular weight is 420 g/mol. The predicted octanol–water partition coefficient (Wildman–Crippen LogP) is 4.87. The Morgan fingerprint density at radius 1 is 0.968 bits per heavy atom. The van der Waals surface area contributed by atoms with Gasteiger partial charge in [-0.2, -0.15) is 0 Å². The summed E-state index contributed by atoms with van der Waals surface area (Å²) in [4.78, 5) is 12.7. The maximum Gasteiger partial charge on any atom is 0.235 e. The van der Waals surface area contributed by atoms with Crippen LogP contribution < -0.4 is 24.9 Å². The molecule has 8 heteroatoms. The molecule has 3 aromatic carbocycles. The van der Waals surface area contributed by atoms with Gasteiger partial charge in [-0.25, -0.2) is 0 Å². The molecule has 0 radical (unpaired) electrons. The van der Waals surface area contributed by atoms with E-state index in [0.29, 0.717) is 28.2 Å². The summed E-state index contributed by atoms with van der Waals surface area (Å²) in [5.74, 6) is 1.75. The summed E-state index contributed by atoms with van der Waals surface area (Å²) < 4.78 is 22.1. The number of ether oxygens (including phenoxy) is 3. The van der Waals surface area contributed by atoms with Gasteiger partial charge in [0, 0.05) is 6.07 Å². The Morgan fingerprint density at radius 3 is 2.32 bits per heavy atom. The zero-order valence-electron chi connectivity index (χ0n) is 16.5. The molecule has 158 valence electrons. The van der Waals surface area contributed by atoms with Crippen LogP contribution in [-0.2, 0) is 6.61 Å². The lowest BCUT2D eigenvalue weighted by Gasteiger charge is -2.21. The Bertz CT molecular complexity index is 1230. The summed E-state index contributed by atoms with van der Waals surface area (Å²) in [7, 11) is 1.57. The van der Waals surface area contributed by atoms with E-state index >= 15 is 0 Å². The Labute approximate surface area is 177 Å². The Morgan fingerprint density at radius 2 is 1.65 bits per heavy atom. The summed E-state index contributed by atoms with van der Waals surface area (Å²) in [5, 5.41) is 19.9. The van der Waals surface area contributed by atoms with Crippen LogP contribution in [0.4, 0.5) is 5.69 Å². The fraction of sp³-hybridized carbons (Fsp3) is 0.0870. The van der Waals surface area contributed by atoms with Crippen LogP contribution in [0.15, 0.2) is 82.2 Å². The first-order valence-corrected chi connectivity index (χ1v) is 9.29. The topological polar surface area (TPSA) is 104 Å². The third-order valence-electron chi connectivity index (χ3n) is 4.56. The fourth-order valence-electron chi connectivity index (χ4n) is 2.91. The second-order valence-corrected chi connectivity index (χ2v) is 6.59. The SMILES string of the molecule is COc1ccc(Oc2coc3cc(OCc4ccc(N([O-])O)cc4)ccc3c2=O)cc1. The van der Waals surface area contributed by atoms with Gasteiger partial charge in [0.25, 0.3) is 0 Å². The molecule has 0 saturated heterocycles. The molecule has 0 unspecified atom stereocenters. The highest BCUT2D eigenvalue weighted by molar-refractivity contribution is 5.79. The van der Waals surface area contributed by atoms with Crippen LogP contribution in [0, 0.1) is 5.21 Å². The number of rotatable bonds is 7. The Kier molecular flexibility index (Phi) is 5.74. The first-order valence-electron chi connectivity index (χ1n) is 9.29. The maximum atomic E-state index is 12.7. The molecule has 4 rings (SSSR count). The summed E-state index contributed by atoms with van der Waals surface area (Å²) in [6, 6.07) is 18.0. The van der Waals surface area contributed by atoms with E-state index < -0.39 is 0 Å². The summed E-state index contributed by atoms with van der Waals surface area (Å²) in [6.45, 7) is 0.235. The molecule has 0 fully saturated rings. The minimum Gasteiger partial charge on any atom is -0.733 e. The monoisotopic (exact) mass is 420 g/mol. The molecule has 0 bridgehead atoms. The minimum atomic E-state index is -0.301. The van der Waals surface area contributed by atoms with Crippen molar-refractivity contribution < 1.29 is 23.8 Å². The zero-order chi connectivity index (χ0) is 21.8. The number of anilines is 1. The van der Waals surface area contributed by atoms with Gasteiger partial charge in [0.15, 0.2) is 0 Å². The fourth-order valence-corrected chi connectivity index (χ4v) is 2.91. The molecule has 4 aromatic rings. The van der Waals surface area contributed by atoms with E-state index in [2.05, 4.69) is 0 Å². The molecule has 0 aliphatic heterocycles. The van der Waals surface area contributed by atoms with E-state index in [0.717, 1.165) is 5.56 Å². The highest BCUT2D eigenvalue weighted by atomic mass is 16.8. The Hall–Kier alpha value is -4.01. The lowest BCUT2D eigenvalue weighted by atomic mass is 10.2. The zero-order valence-corrected chi connectivity index (χ0v) is 16.5. The van der Waals surface area contributed by atoms with Gasteiger partial charge in [-0.15, -0.1) is 0 Å². The number of hydrogen-bond acceptors (Lipinski definition) is 8. The van der Waals surface area contributed by atoms with Crippen molar-refractivity contribution in [2.45, 2.75) is 6.61 Å². The third kappa shape index (κ3) is 4.61. The van der Waals surface area contributed by atoms with Crippen molar-refractivity contribution in [3.8, 4) is 23.0 Å². The smallest absolute Gasteiger partial charge is 0.235 e. The first-order chi connectivity index (χ1) is 15.0. The van der Waals surface area contributed by atoms with Crippen molar-refractivity contribution in [1.82, 2.24) is 0 Å². The normalized spacial score (nSPS) is 10.7. The van der Waals surface area contributed by atoms with Crippen LogP contribution in [0.25, 0.3) is 11.0 Å². The molecule has 1 N–H and O–H groups in total. The van der Waals surface area contributed by atoms with Crippen molar-refractivity contribution in [3.05, 3.63) is 94.0 Å². The van der Waals surface area contributed by atoms with E-state index in [1.54, 1.807) is 61.7 Å². The van der Waals surface area contributed by atoms with Gasteiger partial charge in [0.05, 0.1) is 18.2 Å². The number of nitrogens with zero attached hydrogens (tertiary/aromatic N) is 1. The molecule has 0 spiro atoms. The first kappa shape index (κ1) is 20.3. The maximum absolute atomic E-state index is 12.7. The molecule has 1 aromatic heterocycles. The van der Waals surface area contributed by atoms with Crippen molar-refractivity contribution >= 4 is 16.7 Å². The van der Waals surface area contributed by atoms with Gasteiger partial charge in [-0.3, -0.25) is 10.0 Å². The van der Waals surface area contributed by atoms with E-state index in [-0.39, 0.29) is 28.7 Å². The molecule has 0 atom stereocenters. The van der Waals surface area contributed by atoms with Gasteiger partial charge in [-0.1, -0.05) is 12.1 Å². The van der Waals surface area contributed by atoms with E-state index in [1.165, 1.54) is 18.4 Å². The predicted molar refractivity (Wildman–Crippen MR) is 114 cm³/mol. The van der Waals surface area contributed by atoms with E-state index in [1.807, 2.05) is 0 Å². The van der Waals surface area contributed by atoms with Crippen molar-refractivity contribution in [1.29, 1.82) is 0 Å². The lowest BCUT2D eigenvalue weighted by Crippen LogP contribution is -2.07. The van der Waals surface area contributed by atoms with Crippen molar-refractivity contribution in [2.75, 3.05) is 12.3 Å². The highest BCUT2D eigenvalue weighted by Gasteiger charge is 2.11. The van der Waals surface area contributed by atoms with Gasteiger partial charge < -0.3 is 29.1 Å². The molecule has 0 aliphatic carbocycles. The molecule has 0 amide bonds. The Balaban J connectivity index is 1.49. The van der Waals surface area contributed by atoms with Crippen LogP contribution in [0.1, 0.15) is 5.56 Å². The van der Waals surface area contributed by atoms with E-state index in [9.17, 15) is 10.0 Å². The molecule has 8 nitrogen and oxygen atoms in total. The number of hydrogen-bond donors (Lipinski definition) is 1. The largest absolute Gasteiger partial charge is 0.733 e. The summed E-state index contributed by atoms with van der Waals surface area (Å²) in [6.07, 6.45) is 1.26. The highest BCUT2D eigenvalue weighted by Crippen LogP contribution is 2.26. The molecule has 0 aliphatic rings. The molecular formula is C23H18NO7-. The third-order valence-corrected chi connectivity index (χ3v) is 4.56. The van der Waals surface area contributed by atoms with Crippen LogP contribution in [0.5, 0.6) is 23.0 Å². The molecule has 1 heterocycles. The molecule has 31 heavy (non-hydrogen) atoms. The van der Waals surface area contributed by atoms with Gasteiger partial charge in [0.1, 0.15) is 35.7 Å².